The summed E-state index contributed by atoms with van der Waals surface area (Å²) in [5.41, 5.74) is 1.03. The van der Waals surface area contributed by atoms with Gasteiger partial charge in [-0.15, -0.1) is 0 Å². The van der Waals surface area contributed by atoms with E-state index in [4.69, 9.17) is 4.74 Å². The number of hydrogen-bond acceptors (Lipinski definition) is 2. The van der Waals surface area contributed by atoms with Crippen molar-refractivity contribution < 1.29 is 9.84 Å². The Hall–Kier alpha value is -0.860. The second-order valence-electron chi connectivity index (χ2n) is 4.71. The largest absolute Gasteiger partial charge is 0.388 e. The van der Waals surface area contributed by atoms with Gasteiger partial charge in [-0.25, -0.2) is 0 Å². The molecule has 0 spiro atoms. The summed E-state index contributed by atoms with van der Waals surface area (Å²) >= 11 is 0. The maximum Gasteiger partial charge on any atom is 0.0892 e. The molecule has 15 heavy (non-hydrogen) atoms. The molecule has 2 atom stereocenters. The van der Waals surface area contributed by atoms with Gasteiger partial charge in [-0.3, -0.25) is 0 Å². The zero-order valence-electron chi connectivity index (χ0n) is 9.31. The maximum atomic E-state index is 9.91. The van der Waals surface area contributed by atoms with Crippen molar-refractivity contribution in [3.8, 4) is 0 Å². The molecule has 2 rings (SSSR count). The van der Waals surface area contributed by atoms with E-state index >= 15 is 0 Å². The van der Waals surface area contributed by atoms with Crippen LogP contribution in [0.5, 0.6) is 0 Å². The van der Waals surface area contributed by atoms with Crippen LogP contribution in [0.2, 0.25) is 0 Å². The fourth-order valence-corrected chi connectivity index (χ4v) is 1.89. The Bertz CT molecular complexity index is 319. The first-order valence-electron chi connectivity index (χ1n) is 5.50. The van der Waals surface area contributed by atoms with Crippen molar-refractivity contribution in [3.63, 3.8) is 0 Å². The molecule has 1 fully saturated rings. The lowest BCUT2D eigenvalue weighted by molar-refractivity contribution is 0.160. The van der Waals surface area contributed by atoms with Gasteiger partial charge in [0.2, 0.25) is 0 Å². The molecule has 1 aliphatic rings. The van der Waals surface area contributed by atoms with Crippen molar-refractivity contribution in [2.24, 2.45) is 0 Å². The van der Waals surface area contributed by atoms with Crippen molar-refractivity contribution in [1.82, 2.24) is 0 Å². The van der Waals surface area contributed by atoms with Gasteiger partial charge in [0.25, 0.3) is 0 Å². The molecule has 2 heteroatoms. The van der Waals surface area contributed by atoms with Crippen LogP contribution in [0.15, 0.2) is 30.3 Å². The van der Waals surface area contributed by atoms with E-state index in [-0.39, 0.29) is 11.7 Å². The molecule has 1 aliphatic heterocycles. The highest BCUT2D eigenvalue weighted by Crippen LogP contribution is 2.39. The first-order chi connectivity index (χ1) is 7.09. The molecular weight excluding hydrogens is 188 g/mol. The second-order valence-corrected chi connectivity index (χ2v) is 4.71. The number of aliphatic hydroxyl groups excluding tert-OH is 1. The van der Waals surface area contributed by atoms with Gasteiger partial charge in [0, 0.05) is 0 Å². The molecule has 0 unspecified atom stereocenters. The van der Waals surface area contributed by atoms with Crippen LogP contribution in [0.1, 0.15) is 38.4 Å². The SMILES string of the molecule is CC1(C)O[C@@H]1CC[C@H](O)c1ccccc1. The van der Waals surface area contributed by atoms with E-state index in [1.807, 2.05) is 30.3 Å². The zero-order valence-corrected chi connectivity index (χ0v) is 9.31. The maximum absolute atomic E-state index is 9.91. The molecule has 0 radical (unpaired) electrons. The summed E-state index contributed by atoms with van der Waals surface area (Å²) < 4.78 is 5.48. The van der Waals surface area contributed by atoms with Crippen LogP contribution >= 0.6 is 0 Å². The lowest BCUT2D eigenvalue weighted by Gasteiger charge is -2.09. The van der Waals surface area contributed by atoms with Gasteiger partial charge in [-0.2, -0.15) is 0 Å². The second kappa shape index (κ2) is 3.95. The fourth-order valence-electron chi connectivity index (χ4n) is 1.89. The zero-order chi connectivity index (χ0) is 10.9. The summed E-state index contributed by atoms with van der Waals surface area (Å²) in [7, 11) is 0. The molecule has 0 saturated carbocycles. The third-order valence-corrected chi connectivity index (χ3v) is 3.05. The first kappa shape index (κ1) is 10.7. The summed E-state index contributed by atoms with van der Waals surface area (Å²) in [4.78, 5) is 0. The average molecular weight is 206 g/mol. The summed E-state index contributed by atoms with van der Waals surface area (Å²) in [6.07, 6.45) is 1.68. The number of epoxide rings is 1. The first-order valence-corrected chi connectivity index (χ1v) is 5.50. The van der Waals surface area contributed by atoms with Crippen LogP contribution in [0.3, 0.4) is 0 Å². The van der Waals surface area contributed by atoms with Crippen LogP contribution < -0.4 is 0 Å². The van der Waals surface area contributed by atoms with Gasteiger partial charge < -0.3 is 9.84 Å². The lowest BCUT2D eigenvalue weighted by atomic mass is 10.0. The molecule has 0 amide bonds. The quantitative estimate of drug-likeness (QED) is 0.768. The van der Waals surface area contributed by atoms with Crippen LogP contribution in [0.4, 0.5) is 0 Å². The predicted octanol–water partition coefficient (Wildman–Crippen LogP) is 2.68. The molecular formula is C13H18O2. The highest BCUT2D eigenvalue weighted by Gasteiger charge is 2.47. The highest BCUT2D eigenvalue weighted by atomic mass is 16.6. The molecule has 0 aliphatic carbocycles. The molecule has 82 valence electrons. The minimum Gasteiger partial charge on any atom is -0.388 e. The Morgan fingerprint density at radius 1 is 1.33 bits per heavy atom. The van der Waals surface area contributed by atoms with Gasteiger partial charge in [0.1, 0.15) is 0 Å². The summed E-state index contributed by atoms with van der Waals surface area (Å²) in [5.74, 6) is 0. The van der Waals surface area contributed by atoms with Gasteiger partial charge in [-0.05, 0) is 32.3 Å². The van der Waals surface area contributed by atoms with Crippen molar-refractivity contribution in [2.75, 3.05) is 0 Å². The minimum atomic E-state index is -0.355. The average Bonchev–Trinajstić information content (AvgIpc) is 2.84. The van der Waals surface area contributed by atoms with E-state index in [2.05, 4.69) is 13.8 Å². The molecule has 1 heterocycles. The van der Waals surface area contributed by atoms with Crippen molar-refractivity contribution in [1.29, 1.82) is 0 Å². The highest BCUT2D eigenvalue weighted by molar-refractivity contribution is 5.17. The van der Waals surface area contributed by atoms with E-state index in [1.54, 1.807) is 0 Å². The minimum absolute atomic E-state index is 0.0381. The monoisotopic (exact) mass is 206 g/mol. The van der Waals surface area contributed by atoms with E-state index in [1.165, 1.54) is 0 Å². The van der Waals surface area contributed by atoms with Crippen LogP contribution in [-0.2, 0) is 4.74 Å². The standard InChI is InChI=1S/C13H18O2/c1-13(2)12(15-13)9-8-11(14)10-6-4-3-5-7-10/h3-7,11-12,14H,8-9H2,1-2H3/t11-,12+/m0/s1. The Balaban J connectivity index is 1.81. The Morgan fingerprint density at radius 3 is 2.47 bits per heavy atom. The van der Waals surface area contributed by atoms with Gasteiger partial charge in [-0.1, -0.05) is 30.3 Å². The molecule has 0 bridgehead atoms. The van der Waals surface area contributed by atoms with E-state index < -0.39 is 0 Å². The van der Waals surface area contributed by atoms with E-state index in [0.29, 0.717) is 6.10 Å². The predicted molar refractivity (Wildman–Crippen MR) is 59.6 cm³/mol. The van der Waals surface area contributed by atoms with Gasteiger partial charge >= 0.3 is 0 Å². The third-order valence-electron chi connectivity index (χ3n) is 3.05. The number of ether oxygens (including phenoxy) is 1. The summed E-state index contributed by atoms with van der Waals surface area (Å²) in [6, 6.07) is 9.79. The third kappa shape index (κ3) is 2.58. The van der Waals surface area contributed by atoms with Gasteiger partial charge in [0.05, 0.1) is 17.8 Å². The van der Waals surface area contributed by atoms with Crippen LogP contribution in [0.25, 0.3) is 0 Å². The lowest BCUT2D eigenvalue weighted by Crippen LogP contribution is -2.05. The Labute approximate surface area is 90.9 Å². The number of rotatable bonds is 4. The number of benzene rings is 1. The topological polar surface area (TPSA) is 32.8 Å². The van der Waals surface area contributed by atoms with Gasteiger partial charge in [0.15, 0.2) is 0 Å². The fraction of sp³-hybridized carbons (Fsp3) is 0.538. The molecule has 1 N–H and O–H groups in total. The number of aliphatic hydroxyl groups is 1. The van der Waals surface area contributed by atoms with E-state index in [0.717, 1.165) is 18.4 Å². The molecule has 1 saturated heterocycles. The molecule has 0 aromatic heterocycles. The van der Waals surface area contributed by atoms with Crippen molar-refractivity contribution in [3.05, 3.63) is 35.9 Å². The Kier molecular flexibility index (Phi) is 2.81. The Morgan fingerprint density at radius 2 is 1.93 bits per heavy atom. The molecule has 1 aromatic carbocycles. The van der Waals surface area contributed by atoms with Crippen LogP contribution in [-0.4, -0.2) is 16.8 Å². The number of hydrogen-bond donors (Lipinski definition) is 1. The summed E-state index contributed by atoms with van der Waals surface area (Å²) in [6.45, 7) is 4.18. The summed E-state index contributed by atoms with van der Waals surface area (Å²) in [5, 5.41) is 9.91. The molecule has 1 aromatic rings. The van der Waals surface area contributed by atoms with Crippen LogP contribution in [0, 0.1) is 0 Å². The normalized spacial score (nSPS) is 24.9. The smallest absolute Gasteiger partial charge is 0.0892 e. The van der Waals surface area contributed by atoms with E-state index in [9.17, 15) is 5.11 Å². The molecule has 2 nitrogen and oxygen atoms in total. The van der Waals surface area contributed by atoms with Crippen molar-refractivity contribution in [2.45, 2.75) is 44.5 Å². The van der Waals surface area contributed by atoms with Crippen molar-refractivity contribution >= 4 is 0 Å².